The number of morpholine rings is 1. The van der Waals surface area contributed by atoms with Crippen molar-refractivity contribution in [1.29, 1.82) is 0 Å². The molecule has 3 unspecified atom stereocenters. The highest BCUT2D eigenvalue weighted by atomic mass is 16.5. The van der Waals surface area contributed by atoms with E-state index < -0.39 is 0 Å². The monoisotopic (exact) mass is 267 g/mol. The summed E-state index contributed by atoms with van der Waals surface area (Å²) in [6.45, 7) is 3.51. The number of hydrogen-bond acceptors (Lipinski definition) is 4. The zero-order valence-corrected chi connectivity index (χ0v) is 11.1. The van der Waals surface area contributed by atoms with Gasteiger partial charge in [0, 0.05) is 38.6 Å². The molecule has 106 valence electrons. The van der Waals surface area contributed by atoms with Gasteiger partial charge >= 0.3 is 0 Å². The summed E-state index contributed by atoms with van der Waals surface area (Å²) in [4.78, 5) is 25.6. The maximum absolute atomic E-state index is 12.4. The molecule has 0 aromatic carbocycles. The minimum absolute atomic E-state index is 0.0996. The Bertz CT molecular complexity index is 368. The molecule has 3 atom stereocenters. The summed E-state index contributed by atoms with van der Waals surface area (Å²) in [5, 5.41) is 6.22. The number of ether oxygens (including phenoxy) is 1. The van der Waals surface area contributed by atoms with E-state index in [0.717, 1.165) is 32.5 Å². The fourth-order valence-electron chi connectivity index (χ4n) is 3.24. The second kappa shape index (κ2) is 5.46. The SMILES string of the molecule is O=C1CCC2CN(C(=O)C3CNCCO3)CCC2N1. The number of carbonyl (C=O) groups is 2. The highest BCUT2D eigenvalue weighted by Gasteiger charge is 2.37. The number of piperidine rings is 2. The molecule has 3 heterocycles. The first kappa shape index (κ1) is 12.9. The van der Waals surface area contributed by atoms with Gasteiger partial charge in [0.25, 0.3) is 5.91 Å². The van der Waals surface area contributed by atoms with E-state index in [1.54, 1.807) is 0 Å². The van der Waals surface area contributed by atoms with Crippen LogP contribution in [0.5, 0.6) is 0 Å². The molecule has 2 N–H and O–H groups in total. The Balaban J connectivity index is 1.58. The van der Waals surface area contributed by atoms with Gasteiger partial charge in [0.2, 0.25) is 5.91 Å². The first-order valence-corrected chi connectivity index (χ1v) is 7.14. The highest BCUT2D eigenvalue weighted by Crippen LogP contribution is 2.25. The summed E-state index contributed by atoms with van der Waals surface area (Å²) in [6, 6.07) is 0.260. The molecule has 3 aliphatic rings. The van der Waals surface area contributed by atoms with Gasteiger partial charge in [-0.25, -0.2) is 0 Å². The van der Waals surface area contributed by atoms with Gasteiger partial charge in [-0.15, -0.1) is 0 Å². The van der Waals surface area contributed by atoms with Crippen LogP contribution in [0.4, 0.5) is 0 Å². The second-order valence-electron chi connectivity index (χ2n) is 5.61. The molecule has 6 heteroatoms. The van der Waals surface area contributed by atoms with Crippen LogP contribution in [0.15, 0.2) is 0 Å². The molecule has 3 rings (SSSR count). The summed E-state index contributed by atoms with van der Waals surface area (Å²) in [6.07, 6.45) is 2.01. The summed E-state index contributed by atoms with van der Waals surface area (Å²) in [7, 11) is 0. The van der Waals surface area contributed by atoms with E-state index in [9.17, 15) is 9.59 Å². The second-order valence-corrected chi connectivity index (χ2v) is 5.61. The predicted octanol–water partition coefficient (Wildman–Crippen LogP) is -0.898. The quantitative estimate of drug-likeness (QED) is 0.646. The van der Waals surface area contributed by atoms with Crippen LogP contribution >= 0.6 is 0 Å². The van der Waals surface area contributed by atoms with Crippen molar-refractivity contribution in [3.8, 4) is 0 Å². The lowest BCUT2D eigenvalue weighted by molar-refractivity contribution is -0.148. The average molecular weight is 267 g/mol. The van der Waals surface area contributed by atoms with Crippen molar-refractivity contribution in [2.45, 2.75) is 31.4 Å². The summed E-state index contributed by atoms with van der Waals surface area (Å²) >= 11 is 0. The van der Waals surface area contributed by atoms with Crippen LogP contribution in [0, 0.1) is 5.92 Å². The predicted molar refractivity (Wildman–Crippen MR) is 68.5 cm³/mol. The van der Waals surface area contributed by atoms with Crippen LogP contribution in [0.2, 0.25) is 0 Å². The number of likely N-dealkylation sites (tertiary alicyclic amines) is 1. The molecule has 0 spiro atoms. The molecule has 3 fully saturated rings. The Morgan fingerprint density at radius 1 is 1.37 bits per heavy atom. The van der Waals surface area contributed by atoms with Crippen LogP contribution in [-0.4, -0.2) is 61.6 Å². The Morgan fingerprint density at radius 2 is 2.26 bits per heavy atom. The van der Waals surface area contributed by atoms with Crippen LogP contribution < -0.4 is 10.6 Å². The molecular weight excluding hydrogens is 246 g/mol. The lowest BCUT2D eigenvalue weighted by atomic mass is 9.85. The van der Waals surface area contributed by atoms with Crippen molar-refractivity contribution in [3.63, 3.8) is 0 Å². The van der Waals surface area contributed by atoms with E-state index in [-0.39, 0.29) is 24.0 Å². The molecule has 0 aromatic heterocycles. The van der Waals surface area contributed by atoms with E-state index in [4.69, 9.17) is 4.74 Å². The lowest BCUT2D eigenvalue weighted by Crippen LogP contribution is -2.58. The highest BCUT2D eigenvalue weighted by molar-refractivity contribution is 5.82. The number of nitrogens with zero attached hydrogens (tertiary/aromatic N) is 1. The maximum atomic E-state index is 12.4. The van der Waals surface area contributed by atoms with Gasteiger partial charge in [-0.1, -0.05) is 0 Å². The molecule has 0 bridgehead atoms. The molecule has 0 aromatic rings. The Labute approximate surface area is 112 Å². The van der Waals surface area contributed by atoms with Gasteiger partial charge in [0.15, 0.2) is 0 Å². The van der Waals surface area contributed by atoms with Crippen molar-refractivity contribution in [2.24, 2.45) is 5.92 Å². The Morgan fingerprint density at radius 3 is 3.05 bits per heavy atom. The first-order chi connectivity index (χ1) is 9.24. The van der Waals surface area contributed by atoms with Gasteiger partial charge in [0.1, 0.15) is 6.10 Å². The van der Waals surface area contributed by atoms with Crippen molar-refractivity contribution in [1.82, 2.24) is 15.5 Å². The largest absolute Gasteiger partial charge is 0.366 e. The smallest absolute Gasteiger partial charge is 0.253 e. The van der Waals surface area contributed by atoms with Crippen molar-refractivity contribution in [2.75, 3.05) is 32.8 Å². The summed E-state index contributed by atoms with van der Waals surface area (Å²) in [5.74, 6) is 0.662. The molecule has 0 aliphatic carbocycles. The van der Waals surface area contributed by atoms with Crippen LogP contribution in [-0.2, 0) is 14.3 Å². The number of nitrogens with one attached hydrogen (secondary N) is 2. The summed E-state index contributed by atoms with van der Waals surface area (Å²) in [5.41, 5.74) is 0. The minimum atomic E-state index is -0.330. The molecule has 3 saturated heterocycles. The van der Waals surface area contributed by atoms with Gasteiger partial charge < -0.3 is 20.3 Å². The van der Waals surface area contributed by atoms with Gasteiger partial charge in [-0.3, -0.25) is 9.59 Å². The third kappa shape index (κ3) is 2.74. The molecule has 3 aliphatic heterocycles. The normalized spacial score (nSPS) is 35.5. The zero-order valence-electron chi connectivity index (χ0n) is 11.1. The fraction of sp³-hybridized carbons (Fsp3) is 0.846. The van der Waals surface area contributed by atoms with Crippen LogP contribution in [0.25, 0.3) is 0 Å². The topological polar surface area (TPSA) is 70.7 Å². The van der Waals surface area contributed by atoms with Crippen molar-refractivity contribution in [3.05, 3.63) is 0 Å². The number of hydrogen-bond donors (Lipinski definition) is 2. The van der Waals surface area contributed by atoms with E-state index >= 15 is 0 Å². The molecular formula is C13H21N3O3. The van der Waals surface area contributed by atoms with Crippen molar-refractivity contribution < 1.29 is 14.3 Å². The van der Waals surface area contributed by atoms with Crippen molar-refractivity contribution >= 4 is 11.8 Å². The Hall–Kier alpha value is -1.14. The minimum Gasteiger partial charge on any atom is -0.366 e. The molecule has 6 nitrogen and oxygen atoms in total. The van der Waals surface area contributed by atoms with E-state index in [1.807, 2.05) is 4.90 Å². The van der Waals surface area contributed by atoms with Crippen LogP contribution in [0.1, 0.15) is 19.3 Å². The van der Waals surface area contributed by atoms with E-state index in [2.05, 4.69) is 10.6 Å². The fourth-order valence-corrected chi connectivity index (χ4v) is 3.24. The Kier molecular flexibility index (Phi) is 3.70. The van der Waals surface area contributed by atoms with Gasteiger partial charge in [-0.05, 0) is 18.8 Å². The molecule has 2 amide bonds. The third-order valence-electron chi connectivity index (χ3n) is 4.34. The van der Waals surface area contributed by atoms with E-state index in [0.29, 0.717) is 25.5 Å². The maximum Gasteiger partial charge on any atom is 0.253 e. The summed E-state index contributed by atoms with van der Waals surface area (Å²) < 4.78 is 5.52. The molecule has 0 saturated carbocycles. The van der Waals surface area contributed by atoms with Gasteiger partial charge in [0.05, 0.1) is 6.61 Å². The molecule has 0 radical (unpaired) electrons. The lowest BCUT2D eigenvalue weighted by Gasteiger charge is -2.42. The number of fused-ring (bicyclic) bond motifs is 1. The number of carbonyl (C=O) groups excluding carboxylic acids is 2. The number of amides is 2. The van der Waals surface area contributed by atoms with Crippen LogP contribution in [0.3, 0.4) is 0 Å². The average Bonchev–Trinajstić information content (AvgIpc) is 2.47. The third-order valence-corrected chi connectivity index (χ3v) is 4.34. The number of rotatable bonds is 1. The first-order valence-electron chi connectivity index (χ1n) is 7.14. The van der Waals surface area contributed by atoms with E-state index in [1.165, 1.54) is 0 Å². The standard InChI is InChI=1S/C13H21N3O3/c17-12-2-1-9-8-16(5-3-10(9)15-12)13(18)11-7-14-4-6-19-11/h9-11,14H,1-8H2,(H,15,17). The zero-order chi connectivity index (χ0) is 13.2. The molecule has 19 heavy (non-hydrogen) atoms. The van der Waals surface area contributed by atoms with Gasteiger partial charge in [-0.2, -0.15) is 0 Å².